The molecule has 1 unspecified atom stereocenters. The number of benzene rings is 1. The van der Waals surface area contributed by atoms with Gasteiger partial charge < -0.3 is 14.6 Å². The molecule has 0 saturated carbocycles. The number of nitrogens with one attached hydrogen (secondary N) is 1. The molecule has 3 heterocycles. The van der Waals surface area contributed by atoms with E-state index < -0.39 is 5.92 Å². The van der Waals surface area contributed by atoms with Crippen LogP contribution in [0.4, 0.5) is 5.69 Å². The summed E-state index contributed by atoms with van der Waals surface area (Å²) in [7, 11) is 0. The first kappa shape index (κ1) is 16.3. The van der Waals surface area contributed by atoms with Crippen molar-refractivity contribution in [1.82, 2.24) is 14.7 Å². The SMILES string of the molecule is O=C(NCCc1cn2ccccc2n1)C1CCN(c2ccccc2)C1=O. The number of carbonyl (C=O) groups is 2. The lowest BCUT2D eigenvalue weighted by molar-refractivity contribution is -0.132. The molecule has 1 atom stereocenters. The molecule has 6 nitrogen and oxygen atoms in total. The van der Waals surface area contributed by atoms with Crippen molar-refractivity contribution in [3.05, 3.63) is 66.6 Å². The molecular weight excluding hydrogens is 328 g/mol. The zero-order valence-corrected chi connectivity index (χ0v) is 14.3. The number of anilines is 1. The van der Waals surface area contributed by atoms with Crippen LogP contribution < -0.4 is 10.2 Å². The van der Waals surface area contributed by atoms with E-state index in [9.17, 15) is 9.59 Å². The fraction of sp³-hybridized carbons (Fsp3) is 0.250. The van der Waals surface area contributed by atoms with Crippen LogP contribution in [-0.4, -0.2) is 34.3 Å². The van der Waals surface area contributed by atoms with Gasteiger partial charge in [-0.3, -0.25) is 9.59 Å². The van der Waals surface area contributed by atoms with Gasteiger partial charge in [0.2, 0.25) is 11.8 Å². The quantitative estimate of drug-likeness (QED) is 0.718. The maximum absolute atomic E-state index is 12.5. The van der Waals surface area contributed by atoms with E-state index in [4.69, 9.17) is 0 Å². The number of hydrogen-bond acceptors (Lipinski definition) is 3. The summed E-state index contributed by atoms with van der Waals surface area (Å²) >= 11 is 0. The molecule has 1 saturated heterocycles. The highest BCUT2D eigenvalue weighted by Crippen LogP contribution is 2.25. The van der Waals surface area contributed by atoms with Crippen molar-refractivity contribution in [1.29, 1.82) is 0 Å². The summed E-state index contributed by atoms with van der Waals surface area (Å²) in [5, 5.41) is 2.88. The topological polar surface area (TPSA) is 66.7 Å². The minimum absolute atomic E-state index is 0.124. The second-order valence-corrected chi connectivity index (χ2v) is 6.41. The number of para-hydroxylation sites is 1. The van der Waals surface area contributed by atoms with Crippen molar-refractivity contribution in [3.8, 4) is 0 Å². The summed E-state index contributed by atoms with van der Waals surface area (Å²) in [6, 6.07) is 15.3. The van der Waals surface area contributed by atoms with Crippen LogP contribution in [0, 0.1) is 5.92 Å². The average Bonchev–Trinajstić information content (AvgIpc) is 3.25. The summed E-state index contributed by atoms with van der Waals surface area (Å²) in [4.78, 5) is 31.2. The van der Waals surface area contributed by atoms with Gasteiger partial charge in [0.15, 0.2) is 0 Å². The summed E-state index contributed by atoms with van der Waals surface area (Å²) in [5.41, 5.74) is 2.65. The largest absolute Gasteiger partial charge is 0.355 e. The number of carbonyl (C=O) groups excluding carboxylic acids is 2. The van der Waals surface area contributed by atoms with Gasteiger partial charge in [-0.25, -0.2) is 4.98 Å². The number of fused-ring (bicyclic) bond motifs is 1. The zero-order valence-electron chi connectivity index (χ0n) is 14.3. The first-order chi connectivity index (χ1) is 12.7. The maximum Gasteiger partial charge on any atom is 0.239 e. The molecule has 26 heavy (non-hydrogen) atoms. The van der Waals surface area contributed by atoms with Gasteiger partial charge in [-0.1, -0.05) is 24.3 Å². The number of rotatable bonds is 5. The lowest BCUT2D eigenvalue weighted by atomic mass is 10.1. The van der Waals surface area contributed by atoms with E-state index in [1.165, 1.54) is 0 Å². The Morgan fingerprint density at radius 3 is 2.77 bits per heavy atom. The van der Waals surface area contributed by atoms with E-state index in [1.807, 2.05) is 65.3 Å². The minimum Gasteiger partial charge on any atom is -0.355 e. The van der Waals surface area contributed by atoms with Crippen molar-refractivity contribution < 1.29 is 9.59 Å². The number of nitrogens with zero attached hydrogens (tertiary/aromatic N) is 3. The van der Waals surface area contributed by atoms with Crippen LogP contribution in [0.1, 0.15) is 12.1 Å². The molecule has 0 spiro atoms. The molecule has 0 radical (unpaired) electrons. The third-order valence-corrected chi connectivity index (χ3v) is 4.68. The van der Waals surface area contributed by atoms with Crippen LogP contribution in [0.15, 0.2) is 60.9 Å². The number of amides is 2. The molecule has 1 aromatic carbocycles. The monoisotopic (exact) mass is 348 g/mol. The first-order valence-electron chi connectivity index (χ1n) is 8.79. The summed E-state index contributed by atoms with van der Waals surface area (Å²) in [6.07, 6.45) is 5.09. The zero-order chi connectivity index (χ0) is 17.9. The summed E-state index contributed by atoms with van der Waals surface area (Å²) in [6.45, 7) is 1.05. The van der Waals surface area contributed by atoms with E-state index in [0.717, 1.165) is 17.0 Å². The predicted octanol–water partition coefficient (Wildman–Crippen LogP) is 2.05. The van der Waals surface area contributed by atoms with Crippen LogP contribution in [0.25, 0.3) is 5.65 Å². The van der Waals surface area contributed by atoms with Gasteiger partial charge in [0, 0.05) is 37.6 Å². The van der Waals surface area contributed by atoms with Crippen LogP contribution >= 0.6 is 0 Å². The molecule has 2 aromatic heterocycles. The molecule has 4 rings (SSSR count). The van der Waals surface area contributed by atoms with Gasteiger partial charge in [0.05, 0.1) is 5.69 Å². The van der Waals surface area contributed by atoms with Crippen LogP contribution in [0.3, 0.4) is 0 Å². The van der Waals surface area contributed by atoms with E-state index >= 15 is 0 Å². The van der Waals surface area contributed by atoms with Gasteiger partial charge in [-0.2, -0.15) is 0 Å². The fourth-order valence-corrected chi connectivity index (χ4v) is 3.33. The Bertz CT molecular complexity index is 902. The van der Waals surface area contributed by atoms with Crippen molar-refractivity contribution in [3.63, 3.8) is 0 Å². The third kappa shape index (κ3) is 3.18. The molecule has 132 valence electrons. The Labute approximate surface area is 151 Å². The third-order valence-electron chi connectivity index (χ3n) is 4.68. The molecule has 3 aromatic rings. The van der Waals surface area contributed by atoms with Crippen LogP contribution in [0.2, 0.25) is 0 Å². The Morgan fingerprint density at radius 1 is 1.15 bits per heavy atom. The van der Waals surface area contributed by atoms with Gasteiger partial charge in [-0.05, 0) is 30.7 Å². The van der Waals surface area contributed by atoms with Crippen molar-refractivity contribution in [2.75, 3.05) is 18.0 Å². The van der Waals surface area contributed by atoms with Crippen molar-refractivity contribution >= 4 is 23.1 Å². The standard InChI is InChI=1S/C20H20N4O2/c25-19(17-10-13-24(20(17)26)16-6-2-1-3-7-16)21-11-9-15-14-23-12-5-4-8-18(23)22-15/h1-8,12,14,17H,9-11,13H2,(H,21,25). The molecular formula is C20H20N4O2. The smallest absolute Gasteiger partial charge is 0.239 e. The van der Waals surface area contributed by atoms with Crippen LogP contribution in [-0.2, 0) is 16.0 Å². The maximum atomic E-state index is 12.5. The molecule has 6 heteroatoms. The number of hydrogen-bond donors (Lipinski definition) is 1. The number of pyridine rings is 1. The number of aromatic nitrogens is 2. The Hall–Kier alpha value is -3.15. The van der Waals surface area contributed by atoms with Crippen LogP contribution in [0.5, 0.6) is 0 Å². The predicted molar refractivity (Wildman–Crippen MR) is 98.8 cm³/mol. The number of imidazole rings is 1. The molecule has 2 amide bonds. The van der Waals surface area contributed by atoms with E-state index in [1.54, 1.807) is 4.90 Å². The van der Waals surface area contributed by atoms with E-state index in [0.29, 0.717) is 25.9 Å². The average molecular weight is 348 g/mol. The Balaban J connectivity index is 1.33. The normalized spacial score (nSPS) is 17.0. The molecule has 1 fully saturated rings. The van der Waals surface area contributed by atoms with Gasteiger partial charge in [0.25, 0.3) is 0 Å². The molecule has 1 N–H and O–H groups in total. The molecule has 0 aliphatic carbocycles. The second-order valence-electron chi connectivity index (χ2n) is 6.41. The summed E-state index contributed by atoms with van der Waals surface area (Å²) in [5.74, 6) is -0.921. The van der Waals surface area contributed by atoms with Crippen molar-refractivity contribution in [2.45, 2.75) is 12.8 Å². The lowest BCUT2D eigenvalue weighted by Gasteiger charge is -2.16. The summed E-state index contributed by atoms with van der Waals surface area (Å²) < 4.78 is 1.95. The molecule has 0 bridgehead atoms. The highest BCUT2D eigenvalue weighted by molar-refractivity contribution is 6.09. The second kappa shape index (κ2) is 7.00. The Morgan fingerprint density at radius 2 is 1.96 bits per heavy atom. The lowest BCUT2D eigenvalue weighted by Crippen LogP contribution is -2.37. The molecule has 1 aliphatic rings. The first-order valence-corrected chi connectivity index (χ1v) is 8.79. The van der Waals surface area contributed by atoms with Gasteiger partial charge in [0.1, 0.15) is 11.6 Å². The highest BCUT2D eigenvalue weighted by Gasteiger charge is 2.37. The van der Waals surface area contributed by atoms with E-state index in [-0.39, 0.29) is 11.8 Å². The highest BCUT2D eigenvalue weighted by atomic mass is 16.2. The van der Waals surface area contributed by atoms with Gasteiger partial charge in [-0.15, -0.1) is 0 Å². The van der Waals surface area contributed by atoms with Gasteiger partial charge >= 0.3 is 0 Å². The van der Waals surface area contributed by atoms with Crippen molar-refractivity contribution in [2.24, 2.45) is 5.92 Å². The molecule has 1 aliphatic heterocycles. The Kier molecular flexibility index (Phi) is 4.39. The minimum atomic E-state index is -0.601. The fourth-order valence-electron chi connectivity index (χ4n) is 3.33. The van der Waals surface area contributed by atoms with E-state index in [2.05, 4.69) is 10.3 Å².